The second-order valence-electron chi connectivity index (χ2n) is 5.19. The van der Waals surface area contributed by atoms with Gasteiger partial charge in [-0.15, -0.1) is 0 Å². The third-order valence-corrected chi connectivity index (χ3v) is 3.81. The van der Waals surface area contributed by atoms with E-state index in [9.17, 15) is 4.79 Å². The summed E-state index contributed by atoms with van der Waals surface area (Å²) in [6, 6.07) is 3.91. The van der Waals surface area contributed by atoms with Crippen molar-refractivity contribution < 1.29 is 9.53 Å². The van der Waals surface area contributed by atoms with E-state index in [1.807, 2.05) is 31.0 Å². The topological polar surface area (TPSA) is 45.7 Å². The average molecular weight is 277 g/mol. The number of aromatic nitrogens is 1. The van der Waals surface area contributed by atoms with Gasteiger partial charge >= 0.3 is 0 Å². The number of hydrogen-bond acceptors (Lipinski definition) is 4. The SMILES string of the molecule is CC(C(=O)N(C)CCc1ccncc1)N1CCOCC1. The predicted molar refractivity (Wildman–Crippen MR) is 77.4 cm³/mol. The van der Waals surface area contributed by atoms with E-state index in [4.69, 9.17) is 4.74 Å². The molecule has 1 aliphatic rings. The molecule has 1 atom stereocenters. The summed E-state index contributed by atoms with van der Waals surface area (Å²) in [7, 11) is 1.88. The molecule has 5 nitrogen and oxygen atoms in total. The van der Waals surface area contributed by atoms with Crippen LogP contribution in [0.25, 0.3) is 0 Å². The minimum Gasteiger partial charge on any atom is -0.379 e. The summed E-state index contributed by atoms with van der Waals surface area (Å²) in [5.41, 5.74) is 1.21. The van der Waals surface area contributed by atoms with Crippen molar-refractivity contribution in [2.75, 3.05) is 39.9 Å². The Morgan fingerprint density at radius 3 is 2.70 bits per heavy atom. The van der Waals surface area contributed by atoms with Gasteiger partial charge in [-0.2, -0.15) is 0 Å². The van der Waals surface area contributed by atoms with E-state index in [-0.39, 0.29) is 11.9 Å². The molecule has 0 spiro atoms. The van der Waals surface area contributed by atoms with Crippen LogP contribution in [0.5, 0.6) is 0 Å². The van der Waals surface area contributed by atoms with Gasteiger partial charge in [-0.3, -0.25) is 14.7 Å². The molecule has 1 unspecified atom stereocenters. The Morgan fingerprint density at radius 1 is 1.40 bits per heavy atom. The molecule has 0 aromatic carbocycles. The molecular formula is C15H23N3O2. The molecule has 1 amide bonds. The molecule has 110 valence electrons. The Morgan fingerprint density at radius 2 is 2.05 bits per heavy atom. The summed E-state index contributed by atoms with van der Waals surface area (Å²) in [5, 5.41) is 0. The van der Waals surface area contributed by atoms with Crippen LogP contribution in [0.2, 0.25) is 0 Å². The van der Waals surface area contributed by atoms with Crippen LogP contribution in [0.3, 0.4) is 0 Å². The lowest BCUT2D eigenvalue weighted by Crippen LogP contribution is -2.50. The van der Waals surface area contributed by atoms with Crippen molar-refractivity contribution in [2.45, 2.75) is 19.4 Å². The molecule has 1 saturated heterocycles. The van der Waals surface area contributed by atoms with Crippen molar-refractivity contribution in [2.24, 2.45) is 0 Å². The van der Waals surface area contributed by atoms with E-state index in [0.29, 0.717) is 0 Å². The Kier molecular flexibility index (Phi) is 5.49. The van der Waals surface area contributed by atoms with Crippen molar-refractivity contribution >= 4 is 5.91 Å². The predicted octanol–water partition coefficient (Wildman–Crippen LogP) is 0.803. The van der Waals surface area contributed by atoms with Gasteiger partial charge in [0.1, 0.15) is 0 Å². The van der Waals surface area contributed by atoms with E-state index < -0.39 is 0 Å². The summed E-state index contributed by atoms with van der Waals surface area (Å²) in [6.07, 6.45) is 4.43. The number of rotatable bonds is 5. The van der Waals surface area contributed by atoms with Crippen LogP contribution in [0.1, 0.15) is 12.5 Å². The summed E-state index contributed by atoms with van der Waals surface area (Å²) >= 11 is 0. The lowest BCUT2D eigenvalue weighted by atomic mass is 10.2. The fraction of sp³-hybridized carbons (Fsp3) is 0.600. The van der Waals surface area contributed by atoms with E-state index in [1.165, 1.54) is 5.56 Å². The first-order chi connectivity index (χ1) is 9.68. The quantitative estimate of drug-likeness (QED) is 0.799. The third kappa shape index (κ3) is 4.02. The highest BCUT2D eigenvalue weighted by Gasteiger charge is 2.25. The summed E-state index contributed by atoms with van der Waals surface area (Å²) in [6.45, 7) is 5.83. The molecule has 0 aliphatic carbocycles. The third-order valence-electron chi connectivity index (χ3n) is 3.81. The van der Waals surface area contributed by atoms with Crippen LogP contribution in [0.4, 0.5) is 0 Å². The van der Waals surface area contributed by atoms with Crippen LogP contribution < -0.4 is 0 Å². The van der Waals surface area contributed by atoms with E-state index in [1.54, 1.807) is 12.4 Å². The number of morpholine rings is 1. The van der Waals surface area contributed by atoms with E-state index in [0.717, 1.165) is 39.3 Å². The molecule has 0 bridgehead atoms. The number of amides is 1. The van der Waals surface area contributed by atoms with Crippen molar-refractivity contribution in [1.29, 1.82) is 0 Å². The number of pyridine rings is 1. The largest absolute Gasteiger partial charge is 0.379 e. The van der Waals surface area contributed by atoms with Gasteiger partial charge in [0.25, 0.3) is 0 Å². The van der Waals surface area contributed by atoms with Gasteiger partial charge in [0, 0.05) is 39.1 Å². The summed E-state index contributed by atoms with van der Waals surface area (Å²) in [4.78, 5) is 20.4. The average Bonchev–Trinajstić information content (AvgIpc) is 2.53. The smallest absolute Gasteiger partial charge is 0.239 e. The van der Waals surface area contributed by atoms with E-state index in [2.05, 4.69) is 9.88 Å². The standard InChI is InChI=1S/C15H23N3O2/c1-13(18-9-11-20-12-10-18)15(19)17(2)8-5-14-3-6-16-7-4-14/h3-4,6-7,13H,5,8-12H2,1-2H3. The molecule has 1 fully saturated rings. The lowest BCUT2D eigenvalue weighted by molar-refractivity contribution is -0.136. The number of carbonyl (C=O) groups is 1. The highest BCUT2D eigenvalue weighted by molar-refractivity contribution is 5.81. The van der Waals surface area contributed by atoms with Crippen LogP contribution >= 0.6 is 0 Å². The number of nitrogens with zero attached hydrogens (tertiary/aromatic N) is 3. The maximum Gasteiger partial charge on any atom is 0.239 e. The van der Waals surface area contributed by atoms with Gasteiger partial charge < -0.3 is 9.64 Å². The fourth-order valence-corrected chi connectivity index (χ4v) is 2.40. The maximum absolute atomic E-state index is 12.4. The van der Waals surface area contributed by atoms with E-state index >= 15 is 0 Å². The minimum atomic E-state index is -0.0682. The molecule has 2 heterocycles. The minimum absolute atomic E-state index is 0.0682. The first kappa shape index (κ1) is 14.9. The second kappa shape index (κ2) is 7.36. The molecule has 0 saturated carbocycles. The Bertz CT molecular complexity index is 418. The molecule has 0 N–H and O–H groups in total. The first-order valence-corrected chi connectivity index (χ1v) is 7.14. The molecule has 20 heavy (non-hydrogen) atoms. The van der Waals surface area contributed by atoms with Crippen LogP contribution in [0, 0.1) is 0 Å². The van der Waals surface area contributed by atoms with Crippen LogP contribution in [-0.2, 0) is 16.0 Å². The first-order valence-electron chi connectivity index (χ1n) is 7.14. The monoisotopic (exact) mass is 277 g/mol. The Balaban J connectivity index is 1.81. The molecule has 1 aliphatic heterocycles. The van der Waals surface area contributed by atoms with Gasteiger partial charge in [0.05, 0.1) is 19.3 Å². The van der Waals surface area contributed by atoms with Gasteiger partial charge in [-0.1, -0.05) is 0 Å². The number of hydrogen-bond donors (Lipinski definition) is 0. The zero-order chi connectivity index (χ0) is 14.4. The van der Waals surface area contributed by atoms with Gasteiger partial charge in [-0.05, 0) is 31.0 Å². The van der Waals surface area contributed by atoms with Crippen molar-refractivity contribution in [3.8, 4) is 0 Å². The van der Waals surface area contributed by atoms with Crippen molar-refractivity contribution in [3.63, 3.8) is 0 Å². The number of carbonyl (C=O) groups excluding carboxylic acids is 1. The zero-order valence-electron chi connectivity index (χ0n) is 12.3. The Labute approximate surface area is 120 Å². The summed E-state index contributed by atoms with van der Waals surface area (Å²) < 4.78 is 5.32. The maximum atomic E-state index is 12.4. The fourth-order valence-electron chi connectivity index (χ4n) is 2.40. The van der Waals surface area contributed by atoms with Crippen LogP contribution in [0.15, 0.2) is 24.5 Å². The lowest BCUT2D eigenvalue weighted by Gasteiger charge is -2.33. The molecule has 5 heteroatoms. The van der Waals surface area contributed by atoms with Crippen molar-refractivity contribution in [1.82, 2.24) is 14.8 Å². The van der Waals surface area contributed by atoms with Crippen molar-refractivity contribution in [3.05, 3.63) is 30.1 Å². The number of likely N-dealkylation sites (N-methyl/N-ethyl adjacent to an activating group) is 1. The second-order valence-corrected chi connectivity index (χ2v) is 5.19. The molecule has 1 aromatic rings. The van der Waals surface area contributed by atoms with Gasteiger partial charge in [-0.25, -0.2) is 0 Å². The zero-order valence-corrected chi connectivity index (χ0v) is 12.3. The normalized spacial score (nSPS) is 17.7. The van der Waals surface area contributed by atoms with Crippen LogP contribution in [-0.4, -0.2) is 66.6 Å². The summed E-state index contributed by atoms with van der Waals surface area (Å²) in [5.74, 6) is 0.181. The highest BCUT2D eigenvalue weighted by atomic mass is 16.5. The molecular weight excluding hydrogens is 254 g/mol. The van der Waals surface area contributed by atoms with Gasteiger partial charge in [0.2, 0.25) is 5.91 Å². The Hall–Kier alpha value is -1.46. The molecule has 1 aromatic heterocycles. The highest BCUT2D eigenvalue weighted by Crippen LogP contribution is 2.07. The molecule has 2 rings (SSSR count). The van der Waals surface area contributed by atoms with Gasteiger partial charge in [0.15, 0.2) is 0 Å². The number of ether oxygens (including phenoxy) is 1. The molecule has 0 radical (unpaired) electrons.